The van der Waals surface area contributed by atoms with Gasteiger partial charge in [0.05, 0.1) is 19.2 Å². The van der Waals surface area contributed by atoms with E-state index in [-0.39, 0.29) is 5.97 Å². The second-order valence-corrected chi connectivity index (χ2v) is 4.10. The Bertz CT molecular complexity index is 371. The van der Waals surface area contributed by atoms with E-state index >= 15 is 0 Å². The third-order valence-electron chi connectivity index (χ3n) is 2.47. The molecule has 0 aliphatic carbocycles. The highest BCUT2D eigenvalue weighted by Gasteiger charge is 2.08. The molecule has 17 heavy (non-hydrogen) atoms. The van der Waals surface area contributed by atoms with Crippen LogP contribution in [0.25, 0.3) is 0 Å². The number of carbonyl (C=O) groups excluding carboxylic acids is 1. The van der Waals surface area contributed by atoms with E-state index in [0.717, 1.165) is 12.2 Å². The molecule has 0 saturated heterocycles. The smallest absolute Gasteiger partial charge is 0.306 e. The first-order valence-corrected chi connectivity index (χ1v) is 5.93. The minimum atomic E-state index is -0.192. The Morgan fingerprint density at radius 1 is 1.59 bits per heavy atom. The van der Waals surface area contributed by atoms with Crippen molar-refractivity contribution in [2.75, 3.05) is 20.2 Å². The van der Waals surface area contributed by atoms with E-state index in [2.05, 4.69) is 14.6 Å². The number of methoxy groups -OCH3 is 1. The SMILES string of the molecule is CCN(CCC(=O)OC)Cc1cc(Cl)ccn1. The molecule has 1 heterocycles. The third-order valence-corrected chi connectivity index (χ3v) is 2.71. The van der Waals surface area contributed by atoms with Crippen molar-refractivity contribution in [3.05, 3.63) is 29.0 Å². The lowest BCUT2D eigenvalue weighted by Gasteiger charge is -2.19. The van der Waals surface area contributed by atoms with Crippen LogP contribution in [0.1, 0.15) is 19.0 Å². The van der Waals surface area contributed by atoms with Gasteiger partial charge < -0.3 is 4.74 Å². The van der Waals surface area contributed by atoms with Gasteiger partial charge in [0, 0.05) is 24.3 Å². The predicted molar refractivity (Wildman–Crippen MR) is 66.8 cm³/mol. The molecular formula is C12H17ClN2O2. The Labute approximate surface area is 107 Å². The van der Waals surface area contributed by atoms with Gasteiger partial charge in [0.2, 0.25) is 0 Å². The van der Waals surface area contributed by atoms with Gasteiger partial charge in [-0.25, -0.2) is 0 Å². The number of ether oxygens (including phenoxy) is 1. The molecule has 5 heteroatoms. The van der Waals surface area contributed by atoms with E-state index in [1.165, 1.54) is 7.11 Å². The first kappa shape index (κ1) is 13.9. The van der Waals surface area contributed by atoms with Gasteiger partial charge in [-0.1, -0.05) is 18.5 Å². The van der Waals surface area contributed by atoms with Crippen LogP contribution in [-0.2, 0) is 16.1 Å². The third kappa shape index (κ3) is 5.15. The molecule has 0 aliphatic heterocycles. The molecule has 1 rings (SSSR count). The number of halogens is 1. The van der Waals surface area contributed by atoms with E-state index in [0.29, 0.717) is 24.5 Å². The van der Waals surface area contributed by atoms with Gasteiger partial charge in [0.25, 0.3) is 0 Å². The average molecular weight is 257 g/mol. The molecule has 0 bridgehead atoms. The number of nitrogens with zero attached hydrogens (tertiary/aromatic N) is 2. The number of hydrogen-bond acceptors (Lipinski definition) is 4. The van der Waals surface area contributed by atoms with Crippen molar-refractivity contribution in [2.24, 2.45) is 0 Å². The Kier molecular flexibility index (Phi) is 5.94. The summed E-state index contributed by atoms with van der Waals surface area (Å²) in [6.45, 7) is 4.25. The van der Waals surface area contributed by atoms with Crippen molar-refractivity contribution >= 4 is 17.6 Å². The van der Waals surface area contributed by atoms with Crippen LogP contribution >= 0.6 is 11.6 Å². The molecule has 0 spiro atoms. The van der Waals surface area contributed by atoms with Crippen molar-refractivity contribution in [1.29, 1.82) is 0 Å². The molecule has 0 amide bonds. The first-order valence-electron chi connectivity index (χ1n) is 5.55. The molecule has 94 valence electrons. The van der Waals surface area contributed by atoms with Crippen LogP contribution in [0, 0.1) is 0 Å². The van der Waals surface area contributed by atoms with Crippen LogP contribution in [0.2, 0.25) is 5.02 Å². The number of carbonyl (C=O) groups is 1. The molecular weight excluding hydrogens is 240 g/mol. The molecule has 1 aromatic rings. The lowest BCUT2D eigenvalue weighted by Crippen LogP contribution is -2.26. The van der Waals surface area contributed by atoms with Crippen molar-refractivity contribution in [3.8, 4) is 0 Å². The highest BCUT2D eigenvalue weighted by atomic mass is 35.5. The molecule has 1 aromatic heterocycles. The zero-order valence-corrected chi connectivity index (χ0v) is 10.9. The van der Waals surface area contributed by atoms with Crippen molar-refractivity contribution in [2.45, 2.75) is 19.9 Å². The predicted octanol–water partition coefficient (Wildman–Crippen LogP) is 2.12. The van der Waals surface area contributed by atoms with E-state index in [1.54, 1.807) is 12.3 Å². The maximum atomic E-state index is 11.1. The zero-order valence-electron chi connectivity index (χ0n) is 10.1. The Morgan fingerprint density at radius 3 is 2.94 bits per heavy atom. The van der Waals surface area contributed by atoms with Crippen LogP contribution in [0.3, 0.4) is 0 Å². The maximum Gasteiger partial charge on any atom is 0.306 e. The van der Waals surface area contributed by atoms with Crippen LogP contribution in [0.15, 0.2) is 18.3 Å². The largest absolute Gasteiger partial charge is 0.469 e. The summed E-state index contributed by atoms with van der Waals surface area (Å²) in [5, 5.41) is 0.680. The van der Waals surface area contributed by atoms with Crippen LogP contribution in [0.4, 0.5) is 0 Å². The summed E-state index contributed by atoms with van der Waals surface area (Å²) in [7, 11) is 1.40. The number of aromatic nitrogens is 1. The molecule has 0 aromatic carbocycles. The van der Waals surface area contributed by atoms with Gasteiger partial charge in [-0.3, -0.25) is 14.7 Å². The number of hydrogen-bond donors (Lipinski definition) is 0. The van der Waals surface area contributed by atoms with E-state index < -0.39 is 0 Å². The average Bonchev–Trinajstić information content (AvgIpc) is 2.34. The summed E-state index contributed by atoms with van der Waals surface area (Å²) in [5.41, 5.74) is 0.907. The highest BCUT2D eigenvalue weighted by molar-refractivity contribution is 6.30. The van der Waals surface area contributed by atoms with Gasteiger partial charge >= 0.3 is 5.97 Å². The van der Waals surface area contributed by atoms with Crippen LogP contribution in [-0.4, -0.2) is 36.1 Å². The molecule has 4 nitrogen and oxygen atoms in total. The summed E-state index contributed by atoms with van der Waals surface area (Å²) in [4.78, 5) is 17.4. The standard InChI is InChI=1S/C12H17ClN2O2/c1-3-15(7-5-12(16)17-2)9-11-8-10(13)4-6-14-11/h4,6,8H,3,5,7,9H2,1-2H3. The second kappa shape index (κ2) is 7.25. The minimum Gasteiger partial charge on any atom is -0.469 e. The number of pyridine rings is 1. The van der Waals surface area contributed by atoms with Crippen LogP contribution in [0.5, 0.6) is 0 Å². The fourth-order valence-corrected chi connectivity index (χ4v) is 1.65. The molecule has 0 fully saturated rings. The lowest BCUT2D eigenvalue weighted by molar-refractivity contribution is -0.141. The van der Waals surface area contributed by atoms with Gasteiger partial charge in [-0.15, -0.1) is 0 Å². The quantitative estimate of drug-likeness (QED) is 0.732. The fraction of sp³-hybridized carbons (Fsp3) is 0.500. The molecule has 0 aliphatic rings. The summed E-state index contributed by atoms with van der Waals surface area (Å²) < 4.78 is 4.61. The second-order valence-electron chi connectivity index (χ2n) is 3.66. The molecule has 0 saturated carbocycles. The van der Waals surface area contributed by atoms with E-state index in [1.807, 2.05) is 13.0 Å². The van der Waals surface area contributed by atoms with Gasteiger partial charge in [0.1, 0.15) is 0 Å². The van der Waals surface area contributed by atoms with Crippen LogP contribution < -0.4 is 0 Å². The summed E-state index contributed by atoms with van der Waals surface area (Å²) in [6.07, 6.45) is 2.08. The Morgan fingerprint density at radius 2 is 2.35 bits per heavy atom. The maximum absolute atomic E-state index is 11.1. The molecule has 0 atom stereocenters. The first-order chi connectivity index (χ1) is 8.15. The monoisotopic (exact) mass is 256 g/mol. The summed E-state index contributed by atoms with van der Waals surface area (Å²) >= 11 is 5.89. The lowest BCUT2D eigenvalue weighted by atomic mass is 10.3. The van der Waals surface area contributed by atoms with Gasteiger partial charge in [-0.05, 0) is 18.7 Å². The molecule has 0 N–H and O–H groups in total. The topological polar surface area (TPSA) is 42.4 Å². The van der Waals surface area contributed by atoms with Crippen molar-refractivity contribution in [3.63, 3.8) is 0 Å². The van der Waals surface area contributed by atoms with E-state index in [4.69, 9.17) is 11.6 Å². The molecule has 0 radical (unpaired) electrons. The number of rotatable bonds is 6. The minimum absolute atomic E-state index is 0.192. The normalized spacial score (nSPS) is 10.6. The van der Waals surface area contributed by atoms with Gasteiger partial charge in [0.15, 0.2) is 0 Å². The van der Waals surface area contributed by atoms with Crippen molar-refractivity contribution < 1.29 is 9.53 Å². The van der Waals surface area contributed by atoms with Crippen molar-refractivity contribution in [1.82, 2.24) is 9.88 Å². The Hall–Kier alpha value is -1.13. The Balaban J connectivity index is 2.49. The van der Waals surface area contributed by atoms with E-state index in [9.17, 15) is 4.79 Å². The zero-order chi connectivity index (χ0) is 12.7. The fourth-order valence-electron chi connectivity index (χ4n) is 1.46. The molecule has 0 unspecified atom stereocenters. The summed E-state index contributed by atoms with van der Waals surface area (Å²) in [5.74, 6) is -0.192. The van der Waals surface area contributed by atoms with Gasteiger partial charge in [-0.2, -0.15) is 0 Å². The number of esters is 1. The summed E-state index contributed by atoms with van der Waals surface area (Å²) in [6, 6.07) is 3.58. The highest BCUT2D eigenvalue weighted by Crippen LogP contribution is 2.10.